The average molecular weight is 366 g/mol. The van der Waals surface area contributed by atoms with Crippen LogP contribution in [0.5, 0.6) is 5.75 Å². The highest BCUT2D eigenvalue weighted by atomic mass is 32.1. The van der Waals surface area contributed by atoms with E-state index in [1.165, 1.54) is 22.5 Å². The first-order valence-corrected chi connectivity index (χ1v) is 9.29. The number of para-hydroxylation sites is 1. The van der Waals surface area contributed by atoms with Gasteiger partial charge in [0, 0.05) is 5.69 Å². The molecule has 0 spiro atoms. The molecule has 0 atom stereocenters. The number of aromatic nitrogens is 1. The maximum atomic E-state index is 12.6. The van der Waals surface area contributed by atoms with Gasteiger partial charge in [0.25, 0.3) is 5.91 Å². The van der Waals surface area contributed by atoms with Gasteiger partial charge in [0.15, 0.2) is 0 Å². The summed E-state index contributed by atoms with van der Waals surface area (Å²) in [5.74, 6) is 0.679. The zero-order valence-corrected chi connectivity index (χ0v) is 16.2. The van der Waals surface area contributed by atoms with Crippen molar-refractivity contribution in [1.29, 1.82) is 0 Å². The van der Waals surface area contributed by atoms with Crippen LogP contribution < -0.4 is 10.1 Å². The number of hydrogen-bond acceptors (Lipinski definition) is 4. The number of nitrogens with one attached hydrogen (secondary N) is 1. The topological polar surface area (TPSA) is 51.2 Å². The third-order valence-electron chi connectivity index (χ3n) is 4.28. The second kappa shape index (κ2) is 7.70. The Balaban J connectivity index is 1.69. The first-order chi connectivity index (χ1) is 12.4. The van der Waals surface area contributed by atoms with Crippen LogP contribution in [0.3, 0.4) is 0 Å². The van der Waals surface area contributed by atoms with Gasteiger partial charge in [-0.2, -0.15) is 0 Å². The van der Waals surface area contributed by atoms with E-state index < -0.39 is 0 Å². The van der Waals surface area contributed by atoms with E-state index in [4.69, 9.17) is 4.74 Å². The van der Waals surface area contributed by atoms with Crippen LogP contribution in [0.15, 0.2) is 42.5 Å². The van der Waals surface area contributed by atoms with Crippen molar-refractivity contribution in [3.05, 3.63) is 74.7 Å². The molecule has 1 heterocycles. The van der Waals surface area contributed by atoms with Crippen LogP contribution in [0, 0.1) is 27.7 Å². The highest BCUT2D eigenvalue weighted by Crippen LogP contribution is 2.23. The third kappa shape index (κ3) is 4.11. The molecule has 0 unspecified atom stereocenters. The van der Waals surface area contributed by atoms with E-state index in [1.807, 2.05) is 56.3 Å². The zero-order chi connectivity index (χ0) is 18.7. The molecule has 1 aromatic heterocycles. The lowest BCUT2D eigenvalue weighted by Gasteiger charge is -2.07. The minimum Gasteiger partial charge on any atom is -0.486 e. The monoisotopic (exact) mass is 366 g/mol. The Labute approximate surface area is 157 Å². The average Bonchev–Trinajstić information content (AvgIpc) is 2.99. The number of aryl methyl sites for hydroxylation is 4. The number of carbonyl (C=O) groups is 1. The molecular weight excluding hydrogens is 344 g/mol. The second-order valence-corrected chi connectivity index (χ2v) is 7.41. The van der Waals surface area contributed by atoms with E-state index in [0.717, 1.165) is 27.7 Å². The Kier molecular flexibility index (Phi) is 5.38. The van der Waals surface area contributed by atoms with Crippen molar-refractivity contribution in [3.63, 3.8) is 0 Å². The lowest BCUT2D eigenvalue weighted by molar-refractivity contribution is 0.102. The van der Waals surface area contributed by atoms with Gasteiger partial charge in [0.2, 0.25) is 0 Å². The molecular formula is C21H22N2O2S. The van der Waals surface area contributed by atoms with Gasteiger partial charge >= 0.3 is 0 Å². The Bertz CT molecular complexity index is 947. The summed E-state index contributed by atoms with van der Waals surface area (Å²) < 4.78 is 5.83. The van der Waals surface area contributed by atoms with Crippen molar-refractivity contribution in [2.75, 3.05) is 5.32 Å². The normalized spacial score (nSPS) is 10.6. The number of rotatable bonds is 5. The van der Waals surface area contributed by atoms with Gasteiger partial charge < -0.3 is 10.1 Å². The first-order valence-electron chi connectivity index (χ1n) is 8.47. The van der Waals surface area contributed by atoms with Gasteiger partial charge in [-0.25, -0.2) is 4.98 Å². The van der Waals surface area contributed by atoms with E-state index in [-0.39, 0.29) is 5.91 Å². The van der Waals surface area contributed by atoms with Crippen LogP contribution >= 0.6 is 11.3 Å². The summed E-state index contributed by atoms with van der Waals surface area (Å²) in [6, 6.07) is 13.7. The molecule has 0 saturated heterocycles. The number of hydrogen-bond donors (Lipinski definition) is 1. The summed E-state index contributed by atoms with van der Waals surface area (Å²) >= 11 is 1.37. The fourth-order valence-corrected chi connectivity index (χ4v) is 3.44. The summed E-state index contributed by atoms with van der Waals surface area (Å²) in [5, 5.41) is 3.75. The van der Waals surface area contributed by atoms with Crippen molar-refractivity contribution in [2.45, 2.75) is 34.3 Å². The molecule has 0 saturated carbocycles. The number of ether oxygens (including phenoxy) is 1. The molecule has 3 aromatic rings. The fraction of sp³-hybridized carbons (Fsp3) is 0.238. The second-order valence-electron chi connectivity index (χ2n) is 6.33. The summed E-state index contributed by atoms with van der Waals surface area (Å²) in [6.07, 6.45) is 0. The molecule has 0 aliphatic heterocycles. The summed E-state index contributed by atoms with van der Waals surface area (Å²) in [5.41, 5.74) is 4.99. The van der Waals surface area contributed by atoms with Crippen LogP contribution in [0.4, 0.5) is 5.69 Å². The van der Waals surface area contributed by atoms with Gasteiger partial charge in [-0.05, 0) is 62.6 Å². The van der Waals surface area contributed by atoms with Crippen molar-refractivity contribution < 1.29 is 9.53 Å². The highest BCUT2D eigenvalue weighted by molar-refractivity contribution is 7.13. The van der Waals surface area contributed by atoms with E-state index in [1.54, 1.807) is 0 Å². The molecule has 1 N–H and O–H groups in total. The van der Waals surface area contributed by atoms with Crippen LogP contribution in [0.2, 0.25) is 0 Å². The fourth-order valence-electron chi connectivity index (χ4n) is 2.57. The molecule has 1 amide bonds. The minimum absolute atomic E-state index is 0.133. The molecule has 5 heteroatoms. The van der Waals surface area contributed by atoms with E-state index in [9.17, 15) is 4.79 Å². The molecule has 0 aliphatic carbocycles. The van der Waals surface area contributed by atoms with E-state index >= 15 is 0 Å². The standard InChI is InChI=1S/C21H22N2O2S/c1-13-9-10-17(11-15(13)3)25-12-19-22-16(4)20(26-19)21(24)23-18-8-6-5-7-14(18)2/h5-11H,12H2,1-4H3,(H,23,24). The Morgan fingerprint density at radius 3 is 2.54 bits per heavy atom. The summed E-state index contributed by atoms with van der Waals surface area (Å²) in [4.78, 5) is 17.7. The van der Waals surface area contributed by atoms with Gasteiger partial charge in [0.05, 0.1) is 5.69 Å². The molecule has 2 aromatic carbocycles. The van der Waals surface area contributed by atoms with Crippen LogP contribution in [0.25, 0.3) is 0 Å². The predicted octanol–water partition coefficient (Wildman–Crippen LogP) is 5.21. The summed E-state index contributed by atoms with van der Waals surface area (Å²) in [7, 11) is 0. The minimum atomic E-state index is -0.133. The van der Waals surface area contributed by atoms with Crippen LogP contribution in [0.1, 0.15) is 37.1 Å². The number of carbonyl (C=O) groups excluding carboxylic acids is 1. The van der Waals surface area contributed by atoms with Crippen molar-refractivity contribution >= 4 is 22.9 Å². The van der Waals surface area contributed by atoms with Crippen molar-refractivity contribution in [3.8, 4) is 5.75 Å². The molecule has 0 fully saturated rings. The lowest BCUT2D eigenvalue weighted by atomic mass is 10.1. The lowest BCUT2D eigenvalue weighted by Crippen LogP contribution is -2.12. The van der Waals surface area contributed by atoms with E-state index in [0.29, 0.717) is 11.5 Å². The zero-order valence-electron chi connectivity index (χ0n) is 15.4. The Hall–Kier alpha value is -2.66. The van der Waals surface area contributed by atoms with Crippen LogP contribution in [-0.4, -0.2) is 10.9 Å². The third-order valence-corrected chi connectivity index (χ3v) is 5.41. The van der Waals surface area contributed by atoms with Gasteiger partial charge in [-0.3, -0.25) is 4.79 Å². The van der Waals surface area contributed by atoms with Gasteiger partial charge in [-0.15, -0.1) is 11.3 Å². The Morgan fingerprint density at radius 1 is 1.04 bits per heavy atom. The van der Waals surface area contributed by atoms with E-state index in [2.05, 4.69) is 24.1 Å². The smallest absolute Gasteiger partial charge is 0.267 e. The maximum absolute atomic E-state index is 12.6. The van der Waals surface area contributed by atoms with Gasteiger partial charge in [0.1, 0.15) is 22.2 Å². The molecule has 0 bridgehead atoms. The van der Waals surface area contributed by atoms with Crippen molar-refractivity contribution in [1.82, 2.24) is 4.98 Å². The number of nitrogens with zero attached hydrogens (tertiary/aromatic N) is 1. The Morgan fingerprint density at radius 2 is 1.81 bits per heavy atom. The highest BCUT2D eigenvalue weighted by Gasteiger charge is 2.16. The maximum Gasteiger partial charge on any atom is 0.267 e. The SMILES string of the molecule is Cc1ccc(OCc2nc(C)c(C(=O)Nc3ccccc3C)s2)cc1C. The van der Waals surface area contributed by atoms with Crippen molar-refractivity contribution in [2.24, 2.45) is 0 Å². The number of anilines is 1. The molecule has 4 nitrogen and oxygen atoms in total. The largest absolute Gasteiger partial charge is 0.486 e. The molecule has 3 rings (SSSR count). The number of amides is 1. The molecule has 0 radical (unpaired) electrons. The molecule has 134 valence electrons. The number of benzene rings is 2. The number of thiazole rings is 1. The van der Waals surface area contributed by atoms with Gasteiger partial charge in [-0.1, -0.05) is 24.3 Å². The molecule has 26 heavy (non-hydrogen) atoms. The molecule has 0 aliphatic rings. The quantitative estimate of drug-likeness (QED) is 0.674. The van der Waals surface area contributed by atoms with Crippen LogP contribution in [-0.2, 0) is 6.61 Å². The predicted molar refractivity (Wildman–Crippen MR) is 106 cm³/mol. The first kappa shape index (κ1) is 18.1. The summed E-state index contributed by atoms with van der Waals surface area (Å²) in [6.45, 7) is 8.30.